The Kier molecular flexibility index (Phi) is 5.04. The van der Waals surface area contributed by atoms with E-state index in [1.807, 2.05) is 36.4 Å². The van der Waals surface area contributed by atoms with E-state index in [0.29, 0.717) is 28.4 Å². The number of nitro benzene ring substituents is 1. The van der Waals surface area contributed by atoms with Gasteiger partial charge >= 0.3 is 0 Å². The fourth-order valence-corrected chi connectivity index (χ4v) is 3.07. The fourth-order valence-electron chi connectivity index (χ4n) is 3.07. The van der Waals surface area contributed by atoms with Gasteiger partial charge in [0.15, 0.2) is 5.82 Å². The van der Waals surface area contributed by atoms with E-state index < -0.39 is 4.92 Å². The molecule has 0 fully saturated rings. The second-order valence-electron chi connectivity index (χ2n) is 6.61. The number of hydrogen-bond acceptors (Lipinski definition) is 6. The number of rotatable bonds is 5. The van der Waals surface area contributed by atoms with Crippen molar-refractivity contribution in [1.82, 2.24) is 9.97 Å². The molecular weight excluding hydrogens is 382 g/mol. The summed E-state index contributed by atoms with van der Waals surface area (Å²) in [6.07, 6.45) is 0. The number of carbonyl (C=O) groups is 1. The zero-order valence-corrected chi connectivity index (χ0v) is 16.0. The second-order valence-corrected chi connectivity index (χ2v) is 6.61. The van der Waals surface area contributed by atoms with Crippen LogP contribution in [0, 0.1) is 10.1 Å². The maximum Gasteiger partial charge on any atom is 0.270 e. The van der Waals surface area contributed by atoms with Crippen LogP contribution in [0.1, 0.15) is 6.92 Å². The van der Waals surface area contributed by atoms with Crippen LogP contribution in [0.3, 0.4) is 0 Å². The molecule has 0 saturated carbocycles. The zero-order valence-electron chi connectivity index (χ0n) is 16.0. The van der Waals surface area contributed by atoms with Crippen molar-refractivity contribution < 1.29 is 9.72 Å². The van der Waals surface area contributed by atoms with E-state index in [9.17, 15) is 14.9 Å². The number of nitrogens with zero attached hydrogens (tertiary/aromatic N) is 3. The molecule has 1 aromatic heterocycles. The van der Waals surface area contributed by atoms with E-state index in [4.69, 9.17) is 0 Å². The smallest absolute Gasteiger partial charge is 0.270 e. The molecule has 2 N–H and O–H groups in total. The summed E-state index contributed by atoms with van der Waals surface area (Å²) in [5.41, 5.74) is 2.61. The minimum atomic E-state index is -0.447. The van der Waals surface area contributed by atoms with Crippen LogP contribution < -0.4 is 10.6 Å². The second kappa shape index (κ2) is 7.96. The molecule has 148 valence electrons. The SMILES string of the molecule is CC(=O)Nc1cccc(Nc2nc(-c3cccc([N+](=O)[O-])c3)nc3ccccc23)c1. The highest BCUT2D eigenvalue weighted by molar-refractivity contribution is 5.93. The van der Waals surface area contributed by atoms with Gasteiger partial charge in [-0.2, -0.15) is 0 Å². The molecule has 0 atom stereocenters. The minimum Gasteiger partial charge on any atom is -0.340 e. The van der Waals surface area contributed by atoms with Gasteiger partial charge in [0.05, 0.1) is 10.4 Å². The van der Waals surface area contributed by atoms with E-state index in [-0.39, 0.29) is 11.6 Å². The summed E-state index contributed by atoms with van der Waals surface area (Å²) >= 11 is 0. The van der Waals surface area contributed by atoms with Crippen molar-refractivity contribution in [3.63, 3.8) is 0 Å². The Morgan fingerprint density at radius 1 is 0.933 bits per heavy atom. The summed E-state index contributed by atoms with van der Waals surface area (Å²) in [6, 6.07) is 21.0. The Morgan fingerprint density at radius 2 is 1.70 bits per heavy atom. The lowest BCUT2D eigenvalue weighted by atomic mass is 10.1. The van der Waals surface area contributed by atoms with Gasteiger partial charge in [0.25, 0.3) is 5.69 Å². The van der Waals surface area contributed by atoms with Crippen LogP contribution in [0.2, 0.25) is 0 Å². The summed E-state index contributed by atoms with van der Waals surface area (Å²) in [5.74, 6) is 0.771. The van der Waals surface area contributed by atoms with E-state index in [1.54, 1.807) is 24.3 Å². The average molecular weight is 399 g/mol. The quantitative estimate of drug-likeness (QED) is 0.365. The lowest BCUT2D eigenvalue weighted by molar-refractivity contribution is -0.384. The minimum absolute atomic E-state index is 0.0261. The van der Waals surface area contributed by atoms with Gasteiger partial charge in [0.2, 0.25) is 5.91 Å². The van der Waals surface area contributed by atoms with Gasteiger partial charge in [0.1, 0.15) is 5.82 Å². The Balaban J connectivity index is 1.79. The highest BCUT2D eigenvalue weighted by atomic mass is 16.6. The molecule has 8 heteroatoms. The van der Waals surface area contributed by atoms with Crippen molar-refractivity contribution in [3.05, 3.63) is 82.9 Å². The molecule has 1 heterocycles. The molecule has 0 saturated heterocycles. The van der Waals surface area contributed by atoms with E-state index in [1.165, 1.54) is 19.1 Å². The molecule has 3 aromatic carbocycles. The van der Waals surface area contributed by atoms with Crippen molar-refractivity contribution in [2.24, 2.45) is 0 Å². The van der Waals surface area contributed by atoms with Crippen molar-refractivity contribution >= 4 is 39.7 Å². The summed E-state index contributed by atoms with van der Waals surface area (Å²) in [6.45, 7) is 1.45. The predicted molar refractivity (Wildman–Crippen MR) is 116 cm³/mol. The van der Waals surface area contributed by atoms with Crippen LogP contribution in [0.4, 0.5) is 22.9 Å². The van der Waals surface area contributed by atoms with Crippen molar-refractivity contribution in [3.8, 4) is 11.4 Å². The molecule has 4 aromatic rings. The van der Waals surface area contributed by atoms with Crippen molar-refractivity contribution in [2.45, 2.75) is 6.92 Å². The van der Waals surface area contributed by atoms with Crippen LogP contribution in [0.15, 0.2) is 72.8 Å². The van der Waals surface area contributed by atoms with Crippen LogP contribution in [0.5, 0.6) is 0 Å². The van der Waals surface area contributed by atoms with E-state index >= 15 is 0 Å². The monoisotopic (exact) mass is 399 g/mol. The maximum atomic E-state index is 11.3. The molecule has 1 amide bonds. The maximum absolute atomic E-state index is 11.3. The summed E-state index contributed by atoms with van der Waals surface area (Å²) in [4.78, 5) is 31.2. The zero-order chi connectivity index (χ0) is 21.1. The standard InChI is InChI=1S/C22H17N5O3/c1-14(28)23-16-7-5-8-17(13-16)24-22-19-10-2-3-11-20(19)25-21(26-22)15-6-4-9-18(12-15)27(29)30/h2-13H,1H3,(H,23,28)(H,24,25,26). The number of nitrogens with one attached hydrogen (secondary N) is 2. The summed E-state index contributed by atoms with van der Waals surface area (Å²) in [7, 11) is 0. The summed E-state index contributed by atoms with van der Waals surface area (Å²) < 4.78 is 0. The highest BCUT2D eigenvalue weighted by Crippen LogP contribution is 2.29. The number of benzene rings is 3. The third-order valence-corrected chi connectivity index (χ3v) is 4.36. The molecule has 0 aliphatic heterocycles. The van der Waals surface area contributed by atoms with Gasteiger partial charge in [-0.15, -0.1) is 0 Å². The predicted octanol–water partition coefficient (Wildman–Crippen LogP) is 4.91. The van der Waals surface area contributed by atoms with Crippen molar-refractivity contribution in [2.75, 3.05) is 10.6 Å². The molecule has 0 aliphatic rings. The first-order valence-corrected chi connectivity index (χ1v) is 9.16. The lowest BCUT2D eigenvalue weighted by Gasteiger charge is -2.12. The third-order valence-electron chi connectivity index (χ3n) is 4.36. The van der Waals surface area contributed by atoms with Crippen LogP contribution >= 0.6 is 0 Å². The number of aromatic nitrogens is 2. The Labute approximate surface area is 171 Å². The van der Waals surface area contributed by atoms with Gasteiger partial charge in [0, 0.05) is 41.4 Å². The number of amides is 1. The Bertz CT molecular complexity index is 1270. The first-order chi connectivity index (χ1) is 14.5. The molecule has 0 radical (unpaired) electrons. The van der Waals surface area contributed by atoms with Gasteiger partial charge in [-0.25, -0.2) is 9.97 Å². The number of carbonyl (C=O) groups excluding carboxylic acids is 1. The molecule has 0 bridgehead atoms. The Hall–Kier alpha value is -4.33. The van der Waals surface area contributed by atoms with Gasteiger partial charge < -0.3 is 10.6 Å². The average Bonchev–Trinajstić information content (AvgIpc) is 2.73. The number of fused-ring (bicyclic) bond motifs is 1. The van der Waals surface area contributed by atoms with Crippen LogP contribution in [-0.4, -0.2) is 20.8 Å². The molecular formula is C22H17N5O3. The van der Waals surface area contributed by atoms with Gasteiger partial charge in [-0.1, -0.05) is 30.3 Å². The first-order valence-electron chi connectivity index (χ1n) is 9.16. The first kappa shape index (κ1) is 19.0. The number of nitro groups is 1. The largest absolute Gasteiger partial charge is 0.340 e. The number of anilines is 3. The van der Waals surface area contributed by atoms with Crippen LogP contribution in [-0.2, 0) is 4.79 Å². The summed E-state index contributed by atoms with van der Waals surface area (Å²) in [5, 5.41) is 18.0. The van der Waals surface area contributed by atoms with Gasteiger partial charge in [-0.3, -0.25) is 14.9 Å². The topological polar surface area (TPSA) is 110 Å². The number of hydrogen-bond donors (Lipinski definition) is 2. The molecule has 0 spiro atoms. The molecule has 4 rings (SSSR count). The third kappa shape index (κ3) is 4.07. The number of para-hydroxylation sites is 1. The van der Waals surface area contributed by atoms with Gasteiger partial charge in [-0.05, 0) is 30.3 Å². The van der Waals surface area contributed by atoms with Crippen LogP contribution in [0.25, 0.3) is 22.3 Å². The van der Waals surface area contributed by atoms with E-state index in [2.05, 4.69) is 20.6 Å². The lowest BCUT2D eigenvalue weighted by Crippen LogP contribution is -2.06. The normalized spacial score (nSPS) is 10.6. The Morgan fingerprint density at radius 3 is 2.50 bits per heavy atom. The molecule has 0 unspecified atom stereocenters. The number of non-ortho nitro benzene ring substituents is 1. The van der Waals surface area contributed by atoms with E-state index in [0.717, 1.165) is 11.1 Å². The highest BCUT2D eigenvalue weighted by Gasteiger charge is 2.13. The van der Waals surface area contributed by atoms with Crippen molar-refractivity contribution in [1.29, 1.82) is 0 Å². The fraction of sp³-hybridized carbons (Fsp3) is 0.0455. The molecule has 30 heavy (non-hydrogen) atoms. The molecule has 8 nitrogen and oxygen atoms in total. The molecule has 0 aliphatic carbocycles.